The molecule has 144 valence electrons. The van der Waals surface area contributed by atoms with E-state index in [1.807, 2.05) is 19.1 Å². The SMILES string of the molecule is Cc1cc(N2CCCOCC2c2ccc(NC3COC3)cc2Cl)nc(N)n1. The summed E-state index contributed by atoms with van der Waals surface area (Å²) in [5.41, 5.74) is 8.74. The number of nitrogens with zero attached hydrogens (tertiary/aromatic N) is 3. The smallest absolute Gasteiger partial charge is 0.222 e. The van der Waals surface area contributed by atoms with E-state index >= 15 is 0 Å². The molecule has 2 fully saturated rings. The Bertz CT molecular complexity index is 794. The molecule has 1 atom stereocenters. The molecule has 1 aromatic carbocycles. The van der Waals surface area contributed by atoms with E-state index in [1.165, 1.54) is 0 Å². The molecular weight excluding hydrogens is 366 g/mol. The van der Waals surface area contributed by atoms with Crippen molar-refractivity contribution < 1.29 is 9.47 Å². The lowest BCUT2D eigenvalue weighted by Gasteiger charge is -2.32. The molecule has 3 N–H and O–H groups in total. The number of halogens is 1. The van der Waals surface area contributed by atoms with Crippen molar-refractivity contribution in [2.24, 2.45) is 0 Å². The van der Waals surface area contributed by atoms with Gasteiger partial charge in [0.15, 0.2) is 0 Å². The summed E-state index contributed by atoms with van der Waals surface area (Å²) in [7, 11) is 0. The first-order valence-corrected chi connectivity index (χ1v) is 9.57. The van der Waals surface area contributed by atoms with Crippen molar-refractivity contribution in [2.45, 2.75) is 25.4 Å². The van der Waals surface area contributed by atoms with Gasteiger partial charge in [-0.25, -0.2) is 4.98 Å². The van der Waals surface area contributed by atoms with Crippen molar-refractivity contribution in [3.63, 3.8) is 0 Å². The number of rotatable bonds is 4. The largest absolute Gasteiger partial charge is 0.379 e. The van der Waals surface area contributed by atoms with Gasteiger partial charge in [-0.2, -0.15) is 4.98 Å². The van der Waals surface area contributed by atoms with E-state index in [0.717, 1.165) is 48.9 Å². The normalized spacial score (nSPS) is 20.8. The maximum atomic E-state index is 6.67. The van der Waals surface area contributed by atoms with Gasteiger partial charge in [0.05, 0.1) is 31.9 Å². The molecule has 2 saturated heterocycles. The molecule has 8 heteroatoms. The average Bonchev–Trinajstić information content (AvgIpc) is 2.83. The van der Waals surface area contributed by atoms with Crippen LogP contribution < -0.4 is 16.0 Å². The molecule has 1 unspecified atom stereocenters. The van der Waals surface area contributed by atoms with Crippen LogP contribution in [0.5, 0.6) is 0 Å². The quantitative estimate of drug-likeness (QED) is 0.831. The molecule has 0 aliphatic carbocycles. The molecule has 4 rings (SSSR count). The Balaban J connectivity index is 1.63. The molecule has 0 spiro atoms. The van der Waals surface area contributed by atoms with Gasteiger partial charge in [0.25, 0.3) is 0 Å². The van der Waals surface area contributed by atoms with Crippen molar-refractivity contribution in [1.29, 1.82) is 0 Å². The van der Waals surface area contributed by atoms with Crippen LogP contribution in [0.3, 0.4) is 0 Å². The lowest BCUT2D eigenvalue weighted by Crippen LogP contribution is -2.40. The molecule has 0 saturated carbocycles. The zero-order valence-electron chi connectivity index (χ0n) is 15.3. The lowest BCUT2D eigenvalue weighted by atomic mass is 10.0. The monoisotopic (exact) mass is 389 g/mol. The van der Waals surface area contributed by atoms with Crippen LogP contribution in [-0.2, 0) is 9.47 Å². The molecule has 2 aliphatic rings. The second kappa shape index (κ2) is 7.88. The van der Waals surface area contributed by atoms with Crippen LogP contribution in [0.25, 0.3) is 0 Å². The Morgan fingerprint density at radius 3 is 2.74 bits per heavy atom. The molecule has 0 amide bonds. The third-order valence-electron chi connectivity index (χ3n) is 4.86. The van der Waals surface area contributed by atoms with E-state index < -0.39 is 0 Å². The minimum absolute atomic E-state index is 0.0326. The summed E-state index contributed by atoms with van der Waals surface area (Å²) in [6, 6.07) is 8.37. The van der Waals surface area contributed by atoms with E-state index in [9.17, 15) is 0 Å². The van der Waals surface area contributed by atoms with Gasteiger partial charge < -0.3 is 25.4 Å². The van der Waals surface area contributed by atoms with E-state index in [0.29, 0.717) is 24.3 Å². The summed E-state index contributed by atoms with van der Waals surface area (Å²) in [5.74, 6) is 1.09. The molecule has 7 nitrogen and oxygen atoms in total. The van der Waals surface area contributed by atoms with E-state index in [1.54, 1.807) is 0 Å². The van der Waals surface area contributed by atoms with Crippen molar-refractivity contribution in [1.82, 2.24) is 9.97 Å². The van der Waals surface area contributed by atoms with Gasteiger partial charge in [0.1, 0.15) is 5.82 Å². The number of nitrogen functional groups attached to an aromatic ring is 1. The average molecular weight is 390 g/mol. The number of aromatic nitrogens is 2. The predicted molar refractivity (Wildman–Crippen MR) is 106 cm³/mol. The second-order valence-electron chi connectivity index (χ2n) is 6.98. The number of benzene rings is 1. The van der Waals surface area contributed by atoms with Gasteiger partial charge in [-0.3, -0.25) is 0 Å². The summed E-state index contributed by atoms with van der Waals surface area (Å²) in [5, 5.41) is 4.14. The Morgan fingerprint density at radius 1 is 1.19 bits per heavy atom. The third kappa shape index (κ3) is 4.10. The Labute approximate surface area is 163 Å². The van der Waals surface area contributed by atoms with Gasteiger partial charge in [-0.05, 0) is 31.0 Å². The van der Waals surface area contributed by atoms with Gasteiger partial charge in [0.2, 0.25) is 5.95 Å². The topological polar surface area (TPSA) is 85.5 Å². The molecule has 2 aromatic rings. The Kier molecular flexibility index (Phi) is 5.33. The maximum Gasteiger partial charge on any atom is 0.222 e. The summed E-state index contributed by atoms with van der Waals surface area (Å²) in [6.07, 6.45) is 0.915. The first kappa shape index (κ1) is 18.3. The minimum Gasteiger partial charge on any atom is -0.379 e. The molecule has 27 heavy (non-hydrogen) atoms. The summed E-state index contributed by atoms with van der Waals surface area (Å²) >= 11 is 6.67. The summed E-state index contributed by atoms with van der Waals surface area (Å²) < 4.78 is 11.1. The zero-order valence-corrected chi connectivity index (χ0v) is 16.1. The highest BCUT2D eigenvalue weighted by Gasteiger charge is 2.27. The van der Waals surface area contributed by atoms with Crippen LogP contribution in [0.15, 0.2) is 24.3 Å². The van der Waals surface area contributed by atoms with E-state index in [2.05, 4.69) is 32.3 Å². The van der Waals surface area contributed by atoms with Crippen molar-refractivity contribution in [2.75, 3.05) is 48.9 Å². The second-order valence-corrected chi connectivity index (χ2v) is 7.39. The summed E-state index contributed by atoms with van der Waals surface area (Å²) in [4.78, 5) is 10.8. The van der Waals surface area contributed by atoms with Crippen LogP contribution in [0, 0.1) is 6.92 Å². The number of aryl methyl sites for hydroxylation is 1. The molecule has 0 radical (unpaired) electrons. The highest BCUT2D eigenvalue weighted by molar-refractivity contribution is 6.31. The first-order valence-electron chi connectivity index (χ1n) is 9.19. The zero-order chi connectivity index (χ0) is 18.8. The van der Waals surface area contributed by atoms with Crippen molar-refractivity contribution in [3.05, 3.63) is 40.5 Å². The van der Waals surface area contributed by atoms with Crippen LogP contribution in [0.2, 0.25) is 5.02 Å². The summed E-state index contributed by atoms with van der Waals surface area (Å²) in [6.45, 7) is 5.46. The highest BCUT2D eigenvalue weighted by Crippen LogP contribution is 2.34. The van der Waals surface area contributed by atoms with Crippen molar-refractivity contribution >= 4 is 29.1 Å². The third-order valence-corrected chi connectivity index (χ3v) is 5.19. The molecule has 3 heterocycles. The van der Waals surface area contributed by atoms with Crippen molar-refractivity contribution in [3.8, 4) is 0 Å². The van der Waals surface area contributed by atoms with Gasteiger partial charge >= 0.3 is 0 Å². The van der Waals surface area contributed by atoms with Gasteiger partial charge in [0, 0.05) is 35.6 Å². The number of ether oxygens (including phenoxy) is 2. The minimum atomic E-state index is -0.0326. The fraction of sp³-hybridized carbons (Fsp3) is 0.474. The Hall–Kier alpha value is -2.09. The fourth-order valence-electron chi connectivity index (χ4n) is 3.47. The molecule has 2 aliphatic heterocycles. The number of hydrogen-bond acceptors (Lipinski definition) is 7. The molecular formula is C19H24ClN5O2. The van der Waals surface area contributed by atoms with Crippen LogP contribution in [0.1, 0.15) is 23.7 Å². The van der Waals surface area contributed by atoms with E-state index in [4.69, 9.17) is 26.8 Å². The van der Waals surface area contributed by atoms with Gasteiger partial charge in [-0.15, -0.1) is 0 Å². The van der Waals surface area contributed by atoms with Crippen LogP contribution in [0.4, 0.5) is 17.5 Å². The van der Waals surface area contributed by atoms with Crippen LogP contribution in [-0.4, -0.2) is 49.0 Å². The standard InChI is InChI=1S/C19H24ClN5O2/c1-12-7-18(24-19(21)22-12)25-5-2-6-26-11-17(25)15-4-3-13(8-16(15)20)23-14-9-27-10-14/h3-4,7-8,14,17,23H,2,5-6,9-11H2,1H3,(H2,21,22,24). The number of anilines is 3. The number of hydrogen-bond donors (Lipinski definition) is 2. The lowest BCUT2D eigenvalue weighted by molar-refractivity contribution is 0.0211. The van der Waals surface area contributed by atoms with Gasteiger partial charge in [-0.1, -0.05) is 17.7 Å². The molecule has 1 aromatic heterocycles. The maximum absolute atomic E-state index is 6.67. The first-order chi connectivity index (χ1) is 13.1. The number of nitrogens with one attached hydrogen (secondary N) is 1. The van der Waals surface area contributed by atoms with Crippen LogP contribution >= 0.6 is 11.6 Å². The van der Waals surface area contributed by atoms with E-state index in [-0.39, 0.29) is 12.0 Å². The number of nitrogens with two attached hydrogens (primary N) is 1. The highest BCUT2D eigenvalue weighted by atomic mass is 35.5. The fourth-order valence-corrected chi connectivity index (χ4v) is 3.78. The Morgan fingerprint density at radius 2 is 2.04 bits per heavy atom. The predicted octanol–water partition coefficient (Wildman–Crippen LogP) is 2.80. The molecule has 0 bridgehead atoms.